The van der Waals surface area contributed by atoms with Crippen LogP contribution in [0.4, 0.5) is 10.5 Å². The molecule has 4 aromatic rings. The third-order valence-electron chi connectivity index (χ3n) is 4.84. The molecule has 0 bridgehead atoms. The molecule has 0 aliphatic carbocycles. The lowest BCUT2D eigenvalue weighted by Crippen LogP contribution is -2.47. The summed E-state index contributed by atoms with van der Waals surface area (Å²) >= 11 is 0. The van der Waals surface area contributed by atoms with Crippen LogP contribution < -0.4 is 21.5 Å². The van der Waals surface area contributed by atoms with E-state index in [0.717, 1.165) is 16.8 Å². The molecule has 0 aliphatic rings. The van der Waals surface area contributed by atoms with Gasteiger partial charge in [-0.1, -0.05) is 60.7 Å². The number of aryl methyl sites for hydroxylation is 1. The van der Waals surface area contributed by atoms with Crippen LogP contribution >= 0.6 is 0 Å². The summed E-state index contributed by atoms with van der Waals surface area (Å²) in [5, 5.41) is 9.38. The average molecular weight is 470 g/mol. The molecule has 10 heteroatoms. The highest BCUT2D eigenvalue weighted by Gasteiger charge is 2.19. The maximum Gasteiger partial charge on any atom is 0.319 e. The Bertz CT molecular complexity index is 1280. The van der Waals surface area contributed by atoms with Crippen LogP contribution in [-0.2, 0) is 4.79 Å². The zero-order valence-corrected chi connectivity index (χ0v) is 18.9. The number of hydrogen-bond donors (Lipinski definition) is 4. The molecule has 4 N–H and O–H groups in total. The lowest BCUT2D eigenvalue weighted by Gasteiger charge is -2.09. The first-order valence-corrected chi connectivity index (χ1v) is 10.8. The summed E-state index contributed by atoms with van der Waals surface area (Å²) < 4.78 is 1.56. The number of urea groups is 1. The molecule has 176 valence electrons. The minimum atomic E-state index is -0.700. The second kappa shape index (κ2) is 10.8. The fourth-order valence-corrected chi connectivity index (χ4v) is 3.22. The highest BCUT2D eigenvalue weighted by Crippen LogP contribution is 2.20. The van der Waals surface area contributed by atoms with E-state index in [1.165, 1.54) is 0 Å². The summed E-state index contributed by atoms with van der Waals surface area (Å²) in [5.74, 6) is -0.973. The first-order valence-electron chi connectivity index (χ1n) is 10.8. The first-order chi connectivity index (χ1) is 17.0. The fraction of sp³-hybridized carbons (Fsp3) is 0.0800. The molecule has 3 aromatic carbocycles. The fourth-order valence-electron chi connectivity index (χ4n) is 3.22. The molecule has 0 spiro atoms. The number of nitrogens with one attached hydrogen (secondary N) is 4. The van der Waals surface area contributed by atoms with E-state index in [4.69, 9.17) is 0 Å². The number of nitrogens with zero attached hydrogens (tertiary/aromatic N) is 3. The maximum absolute atomic E-state index is 12.6. The number of hydrazine groups is 1. The zero-order valence-electron chi connectivity index (χ0n) is 18.9. The van der Waals surface area contributed by atoms with Gasteiger partial charge in [-0.25, -0.2) is 14.5 Å². The van der Waals surface area contributed by atoms with E-state index in [1.54, 1.807) is 16.8 Å². The average Bonchev–Trinajstić information content (AvgIpc) is 3.33. The van der Waals surface area contributed by atoms with E-state index in [1.807, 2.05) is 79.7 Å². The van der Waals surface area contributed by atoms with Crippen molar-refractivity contribution >= 4 is 23.5 Å². The zero-order chi connectivity index (χ0) is 24.6. The Balaban J connectivity index is 1.37. The summed E-state index contributed by atoms with van der Waals surface area (Å²) in [5.41, 5.74) is 7.61. The van der Waals surface area contributed by atoms with Crippen molar-refractivity contribution in [1.29, 1.82) is 0 Å². The molecule has 0 fully saturated rings. The van der Waals surface area contributed by atoms with Crippen LogP contribution in [0.1, 0.15) is 16.2 Å². The number of aromatic nitrogens is 3. The number of para-hydroxylation sites is 1. The third-order valence-corrected chi connectivity index (χ3v) is 4.84. The van der Waals surface area contributed by atoms with Crippen molar-refractivity contribution in [2.45, 2.75) is 6.92 Å². The van der Waals surface area contributed by atoms with Crippen molar-refractivity contribution in [2.24, 2.45) is 0 Å². The van der Waals surface area contributed by atoms with E-state index in [-0.39, 0.29) is 12.4 Å². The standard InChI is InChI=1S/C25H23N7O3/c1-17-9-8-12-19(15-17)27-25(35)26-16-21(33)29-30-24(34)22-28-23(18-10-4-2-5-11-18)32(31-22)20-13-6-3-7-14-20/h2-15H,16H2,1H3,(H,29,33)(H,30,34)(H2,26,27,35). The molecule has 0 unspecified atom stereocenters. The predicted molar refractivity (Wildman–Crippen MR) is 131 cm³/mol. The number of carbonyl (C=O) groups excluding carboxylic acids is 3. The molecular weight excluding hydrogens is 446 g/mol. The van der Waals surface area contributed by atoms with Crippen molar-refractivity contribution in [2.75, 3.05) is 11.9 Å². The van der Waals surface area contributed by atoms with Gasteiger partial charge in [0, 0.05) is 11.3 Å². The normalized spacial score (nSPS) is 10.3. The minimum absolute atomic E-state index is 0.127. The molecule has 1 aromatic heterocycles. The highest BCUT2D eigenvalue weighted by molar-refractivity contribution is 5.94. The van der Waals surface area contributed by atoms with Crippen LogP contribution in [0.2, 0.25) is 0 Å². The largest absolute Gasteiger partial charge is 0.329 e. The van der Waals surface area contributed by atoms with Gasteiger partial charge in [0.25, 0.3) is 5.91 Å². The van der Waals surface area contributed by atoms with Crippen LogP contribution in [0.25, 0.3) is 17.1 Å². The van der Waals surface area contributed by atoms with Crippen LogP contribution in [0, 0.1) is 6.92 Å². The van der Waals surface area contributed by atoms with Crippen molar-refractivity contribution < 1.29 is 14.4 Å². The first kappa shape index (κ1) is 23.2. The summed E-state index contributed by atoms with van der Waals surface area (Å²) in [6.07, 6.45) is 0. The number of hydrogen-bond acceptors (Lipinski definition) is 5. The number of carbonyl (C=O) groups is 3. The Morgan fingerprint density at radius 2 is 1.57 bits per heavy atom. The topological polar surface area (TPSA) is 130 Å². The van der Waals surface area contributed by atoms with Crippen molar-refractivity contribution in [1.82, 2.24) is 30.9 Å². The van der Waals surface area contributed by atoms with Gasteiger partial charge >= 0.3 is 11.9 Å². The van der Waals surface area contributed by atoms with Crippen molar-refractivity contribution in [3.63, 3.8) is 0 Å². The molecule has 4 rings (SSSR count). The van der Waals surface area contributed by atoms with Crippen LogP contribution in [-0.4, -0.2) is 39.2 Å². The van der Waals surface area contributed by atoms with Crippen LogP contribution in [0.15, 0.2) is 84.9 Å². The summed E-state index contributed by atoms with van der Waals surface area (Å²) in [7, 11) is 0. The van der Waals surface area contributed by atoms with Gasteiger partial charge in [-0.05, 0) is 36.8 Å². The molecule has 1 heterocycles. The molecule has 10 nitrogen and oxygen atoms in total. The number of amides is 4. The minimum Gasteiger partial charge on any atom is -0.329 e. The second-order valence-electron chi connectivity index (χ2n) is 7.55. The van der Waals surface area contributed by atoms with E-state index in [2.05, 4.69) is 31.6 Å². The summed E-state index contributed by atoms with van der Waals surface area (Å²) in [4.78, 5) is 41.1. The molecule has 0 radical (unpaired) electrons. The van der Waals surface area contributed by atoms with E-state index in [9.17, 15) is 14.4 Å². The monoisotopic (exact) mass is 469 g/mol. The Labute approximate surface area is 201 Å². The van der Waals surface area contributed by atoms with Gasteiger partial charge in [-0.3, -0.25) is 20.4 Å². The molecule has 0 atom stereocenters. The molecule has 4 amide bonds. The van der Waals surface area contributed by atoms with E-state index in [0.29, 0.717) is 11.5 Å². The number of anilines is 1. The summed E-state index contributed by atoms with van der Waals surface area (Å²) in [6, 6.07) is 25.3. The number of rotatable bonds is 6. The summed E-state index contributed by atoms with van der Waals surface area (Å²) in [6.45, 7) is 1.55. The van der Waals surface area contributed by atoms with Gasteiger partial charge in [-0.2, -0.15) is 0 Å². The lowest BCUT2D eigenvalue weighted by molar-refractivity contribution is -0.120. The third kappa shape index (κ3) is 6.08. The Hall–Kier alpha value is -4.99. The Morgan fingerprint density at radius 1 is 0.857 bits per heavy atom. The molecule has 0 aliphatic heterocycles. The molecule has 0 saturated carbocycles. The molecule has 35 heavy (non-hydrogen) atoms. The van der Waals surface area contributed by atoms with Crippen LogP contribution in [0.5, 0.6) is 0 Å². The van der Waals surface area contributed by atoms with E-state index >= 15 is 0 Å². The Kier molecular flexibility index (Phi) is 7.12. The van der Waals surface area contributed by atoms with Gasteiger partial charge in [0.2, 0.25) is 5.82 Å². The lowest BCUT2D eigenvalue weighted by atomic mass is 10.2. The van der Waals surface area contributed by atoms with E-state index < -0.39 is 17.8 Å². The second-order valence-corrected chi connectivity index (χ2v) is 7.55. The predicted octanol–water partition coefficient (Wildman–Crippen LogP) is 2.83. The van der Waals surface area contributed by atoms with Gasteiger partial charge < -0.3 is 10.6 Å². The van der Waals surface area contributed by atoms with Gasteiger partial charge in [0.15, 0.2) is 5.82 Å². The van der Waals surface area contributed by atoms with Crippen molar-refractivity contribution in [3.05, 3.63) is 96.3 Å². The van der Waals surface area contributed by atoms with Gasteiger partial charge in [-0.15, -0.1) is 5.10 Å². The van der Waals surface area contributed by atoms with Gasteiger partial charge in [0.1, 0.15) is 6.54 Å². The molecular formula is C25H23N7O3. The van der Waals surface area contributed by atoms with Crippen LogP contribution in [0.3, 0.4) is 0 Å². The van der Waals surface area contributed by atoms with Gasteiger partial charge in [0.05, 0.1) is 5.69 Å². The SMILES string of the molecule is Cc1cccc(NC(=O)NCC(=O)NNC(=O)c2nc(-c3ccccc3)n(-c3ccccc3)n2)c1. The highest BCUT2D eigenvalue weighted by atomic mass is 16.2. The Morgan fingerprint density at radius 3 is 2.29 bits per heavy atom. The quantitative estimate of drug-likeness (QED) is 0.323. The maximum atomic E-state index is 12.6. The van der Waals surface area contributed by atoms with Crippen molar-refractivity contribution in [3.8, 4) is 17.1 Å². The number of benzene rings is 3. The molecule has 0 saturated heterocycles. The smallest absolute Gasteiger partial charge is 0.319 e.